The van der Waals surface area contributed by atoms with Crippen LogP contribution < -0.4 is 4.90 Å². The number of aromatic nitrogens is 4. The van der Waals surface area contributed by atoms with Crippen molar-refractivity contribution < 1.29 is 10.2 Å². The highest BCUT2D eigenvalue weighted by Gasteiger charge is 2.10. The van der Waals surface area contributed by atoms with E-state index in [0.29, 0.717) is 24.7 Å². The Morgan fingerprint density at radius 3 is 2.19 bits per heavy atom. The van der Waals surface area contributed by atoms with Crippen LogP contribution in [0.4, 0.5) is 5.82 Å². The van der Waals surface area contributed by atoms with Crippen molar-refractivity contribution >= 4 is 18.2 Å². The molecule has 21 heavy (non-hydrogen) atoms. The summed E-state index contributed by atoms with van der Waals surface area (Å²) >= 11 is 0. The number of aliphatic hydroxyl groups is 2. The van der Waals surface area contributed by atoms with E-state index in [2.05, 4.69) is 15.3 Å². The van der Waals surface area contributed by atoms with E-state index in [1.807, 2.05) is 32.0 Å². The zero-order valence-electron chi connectivity index (χ0n) is 12.1. The van der Waals surface area contributed by atoms with Crippen molar-refractivity contribution in [3.63, 3.8) is 0 Å². The van der Waals surface area contributed by atoms with E-state index in [0.717, 1.165) is 11.4 Å². The maximum atomic E-state index is 9.01. The molecule has 0 radical (unpaired) electrons. The summed E-state index contributed by atoms with van der Waals surface area (Å²) in [5.74, 6) is 1.27. The first-order chi connectivity index (χ1) is 9.65. The molecular formula is C13H20ClN5O2. The smallest absolute Gasteiger partial charge is 0.176 e. The summed E-state index contributed by atoms with van der Waals surface area (Å²) in [4.78, 5) is 1.78. The molecule has 116 valence electrons. The standard InChI is InChI=1S/C13H19N5O2.ClH/c1-10-9-11(2)18(16-10)13-4-3-12(14-15-13)17(5-7-19)6-8-20;/h3-4,9,19-20H,5-8H2,1-2H3;1H. The van der Waals surface area contributed by atoms with E-state index in [-0.39, 0.29) is 25.6 Å². The molecule has 0 spiro atoms. The van der Waals surface area contributed by atoms with Crippen LogP contribution in [0.25, 0.3) is 5.82 Å². The van der Waals surface area contributed by atoms with Gasteiger partial charge in [-0.25, -0.2) is 4.68 Å². The van der Waals surface area contributed by atoms with Crippen molar-refractivity contribution in [2.75, 3.05) is 31.2 Å². The minimum absolute atomic E-state index is 0. The van der Waals surface area contributed by atoms with Gasteiger partial charge in [0.1, 0.15) is 0 Å². The Morgan fingerprint density at radius 2 is 1.76 bits per heavy atom. The molecule has 0 aromatic carbocycles. The molecule has 2 N–H and O–H groups in total. The molecule has 0 unspecified atom stereocenters. The number of rotatable bonds is 6. The Hall–Kier alpha value is -1.70. The molecule has 7 nitrogen and oxygen atoms in total. The molecule has 0 fully saturated rings. The highest BCUT2D eigenvalue weighted by molar-refractivity contribution is 5.85. The summed E-state index contributed by atoms with van der Waals surface area (Å²) in [7, 11) is 0. The Bertz CT molecular complexity index is 552. The van der Waals surface area contributed by atoms with Crippen LogP contribution in [-0.4, -0.2) is 56.5 Å². The number of aliphatic hydroxyl groups excluding tert-OH is 2. The molecule has 0 aliphatic heterocycles. The minimum Gasteiger partial charge on any atom is -0.395 e. The quantitative estimate of drug-likeness (QED) is 0.807. The average molecular weight is 314 g/mol. The summed E-state index contributed by atoms with van der Waals surface area (Å²) in [5.41, 5.74) is 1.92. The van der Waals surface area contributed by atoms with E-state index in [1.165, 1.54) is 0 Å². The molecule has 2 heterocycles. The van der Waals surface area contributed by atoms with Crippen molar-refractivity contribution in [1.82, 2.24) is 20.0 Å². The Kier molecular flexibility index (Phi) is 6.54. The van der Waals surface area contributed by atoms with Crippen LogP contribution >= 0.6 is 12.4 Å². The topological polar surface area (TPSA) is 87.3 Å². The summed E-state index contributed by atoms with van der Waals surface area (Å²) in [6.45, 7) is 4.71. The third-order valence-electron chi connectivity index (χ3n) is 2.93. The monoisotopic (exact) mass is 313 g/mol. The fraction of sp³-hybridized carbons (Fsp3) is 0.462. The summed E-state index contributed by atoms with van der Waals surface area (Å²) in [5, 5.41) is 30.7. The first-order valence-corrected chi connectivity index (χ1v) is 6.49. The molecule has 8 heteroatoms. The van der Waals surface area contributed by atoms with Gasteiger partial charge in [0.25, 0.3) is 0 Å². The van der Waals surface area contributed by atoms with Crippen LogP contribution in [0.3, 0.4) is 0 Å². The van der Waals surface area contributed by atoms with Crippen LogP contribution in [0.15, 0.2) is 18.2 Å². The number of halogens is 1. The van der Waals surface area contributed by atoms with Crippen LogP contribution in [0, 0.1) is 13.8 Å². The summed E-state index contributed by atoms with van der Waals surface area (Å²) < 4.78 is 1.73. The van der Waals surface area contributed by atoms with Crippen molar-refractivity contribution in [3.05, 3.63) is 29.6 Å². The summed E-state index contributed by atoms with van der Waals surface area (Å²) in [6.07, 6.45) is 0. The van der Waals surface area contributed by atoms with Crippen molar-refractivity contribution in [2.24, 2.45) is 0 Å². The van der Waals surface area contributed by atoms with Gasteiger partial charge in [-0.15, -0.1) is 22.6 Å². The van der Waals surface area contributed by atoms with Crippen molar-refractivity contribution in [3.8, 4) is 5.82 Å². The lowest BCUT2D eigenvalue weighted by Crippen LogP contribution is -2.30. The fourth-order valence-corrected chi connectivity index (χ4v) is 2.04. The highest BCUT2D eigenvalue weighted by atomic mass is 35.5. The molecule has 0 aliphatic carbocycles. The minimum atomic E-state index is 0. The van der Waals surface area contributed by atoms with Crippen LogP contribution in [0.5, 0.6) is 0 Å². The maximum absolute atomic E-state index is 9.01. The number of anilines is 1. The lowest BCUT2D eigenvalue weighted by Gasteiger charge is -2.20. The second-order valence-electron chi connectivity index (χ2n) is 4.52. The van der Waals surface area contributed by atoms with E-state index in [4.69, 9.17) is 10.2 Å². The largest absolute Gasteiger partial charge is 0.395 e. The molecule has 0 saturated carbocycles. The zero-order valence-corrected chi connectivity index (χ0v) is 12.9. The van der Waals surface area contributed by atoms with Crippen LogP contribution in [0.1, 0.15) is 11.4 Å². The van der Waals surface area contributed by atoms with Gasteiger partial charge in [-0.3, -0.25) is 0 Å². The van der Waals surface area contributed by atoms with Crippen molar-refractivity contribution in [2.45, 2.75) is 13.8 Å². The SMILES string of the molecule is Cc1cc(C)n(-c2ccc(N(CCO)CCO)nn2)n1.Cl. The fourth-order valence-electron chi connectivity index (χ4n) is 2.04. The number of aryl methyl sites for hydroxylation is 2. The van der Waals surface area contributed by atoms with Gasteiger partial charge in [0.2, 0.25) is 0 Å². The molecule has 0 aliphatic rings. The van der Waals surface area contributed by atoms with E-state index in [1.54, 1.807) is 9.58 Å². The van der Waals surface area contributed by atoms with Gasteiger partial charge in [-0.1, -0.05) is 0 Å². The number of nitrogens with zero attached hydrogens (tertiary/aromatic N) is 5. The number of hydrogen-bond donors (Lipinski definition) is 2. The highest BCUT2D eigenvalue weighted by Crippen LogP contribution is 2.13. The first-order valence-electron chi connectivity index (χ1n) is 6.49. The lowest BCUT2D eigenvalue weighted by molar-refractivity contribution is 0.280. The molecule has 0 atom stereocenters. The van der Waals surface area contributed by atoms with Crippen molar-refractivity contribution in [1.29, 1.82) is 0 Å². The molecule has 0 bridgehead atoms. The van der Waals surface area contributed by atoms with E-state index in [9.17, 15) is 0 Å². The second kappa shape index (κ2) is 7.92. The predicted molar refractivity (Wildman–Crippen MR) is 82.3 cm³/mol. The number of hydrogen-bond acceptors (Lipinski definition) is 6. The molecule has 0 saturated heterocycles. The Balaban J connectivity index is 0.00000220. The first kappa shape index (κ1) is 17.4. The molecule has 2 aromatic heterocycles. The Morgan fingerprint density at radius 1 is 1.10 bits per heavy atom. The van der Waals surface area contributed by atoms with Gasteiger partial charge >= 0.3 is 0 Å². The van der Waals surface area contributed by atoms with Gasteiger partial charge in [0, 0.05) is 18.8 Å². The third-order valence-corrected chi connectivity index (χ3v) is 2.93. The predicted octanol–water partition coefficient (Wildman–Crippen LogP) is 0.492. The van der Waals surface area contributed by atoms with Crippen LogP contribution in [0.2, 0.25) is 0 Å². The van der Waals surface area contributed by atoms with Gasteiger partial charge in [0.05, 0.1) is 18.9 Å². The molecule has 0 amide bonds. The normalized spacial score (nSPS) is 10.3. The average Bonchev–Trinajstić information content (AvgIpc) is 2.78. The lowest BCUT2D eigenvalue weighted by atomic mass is 10.4. The molecular weight excluding hydrogens is 294 g/mol. The van der Waals surface area contributed by atoms with Crippen LogP contribution in [-0.2, 0) is 0 Å². The zero-order chi connectivity index (χ0) is 14.5. The summed E-state index contributed by atoms with van der Waals surface area (Å²) in [6, 6.07) is 5.60. The molecule has 2 rings (SSSR count). The van der Waals surface area contributed by atoms with Gasteiger partial charge in [0.15, 0.2) is 11.6 Å². The van der Waals surface area contributed by atoms with Gasteiger partial charge in [-0.2, -0.15) is 5.10 Å². The van der Waals surface area contributed by atoms with Gasteiger partial charge < -0.3 is 15.1 Å². The van der Waals surface area contributed by atoms with E-state index < -0.39 is 0 Å². The van der Waals surface area contributed by atoms with E-state index >= 15 is 0 Å². The second-order valence-corrected chi connectivity index (χ2v) is 4.52. The Labute approximate surface area is 129 Å². The molecule has 2 aromatic rings. The third kappa shape index (κ3) is 4.13. The maximum Gasteiger partial charge on any atom is 0.176 e. The van der Waals surface area contributed by atoms with Gasteiger partial charge in [-0.05, 0) is 32.0 Å².